The molecule has 2 aromatic heterocycles. The molecule has 0 fully saturated rings. The quantitative estimate of drug-likeness (QED) is 0.161. The first-order chi connectivity index (χ1) is 19.8. The standard InChI is InChI=1S/C26H30N6O8S2/c1-41(35,36)21-5-3-17-13-29-31(23(17)9-21)15-19(11-27)39-25(33)7-8-26(34)40-20(12-28)16-32-24-10-22(42(2,37)38)6-4-18(24)14-30-32/h3-10,13-14,19-20H,11-12,15-16,27-28H2,1-2H3/b8-7+. The average molecular weight is 619 g/mol. The van der Waals surface area contributed by atoms with Crippen LogP contribution >= 0.6 is 0 Å². The monoisotopic (exact) mass is 618 g/mol. The van der Waals surface area contributed by atoms with Crippen molar-refractivity contribution in [2.45, 2.75) is 35.1 Å². The minimum atomic E-state index is -3.44. The van der Waals surface area contributed by atoms with Crippen molar-refractivity contribution in [3.63, 3.8) is 0 Å². The Morgan fingerprint density at radius 3 is 1.48 bits per heavy atom. The minimum absolute atomic E-state index is 0.0470. The van der Waals surface area contributed by atoms with Crippen LogP contribution in [0.1, 0.15) is 0 Å². The van der Waals surface area contributed by atoms with Crippen molar-refractivity contribution in [1.29, 1.82) is 0 Å². The van der Waals surface area contributed by atoms with E-state index >= 15 is 0 Å². The molecule has 224 valence electrons. The molecule has 0 aliphatic carbocycles. The maximum atomic E-state index is 12.4. The van der Waals surface area contributed by atoms with Crippen molar-refractivity contribution in [1.82, 2.24) is 19.6 Å². The number of nitrogens with zero attached hydrogens (tertiary/aromatic N) is 4. The van der Waals surface area contributed by atoms with E-state index in [2.05, 4.69) is 10.2 Å². The lowest BCUT2D eigenvalue weighted by atomic mass is 10.2. The molecule has 4 rings (SSSR count). The van der Waals surface area contributed by atoms with E-state index in [9.17, 15) is 26.4 Å². The van der Waals surface area contributed by atoms with Gasteiger partial charge in [-0.25, -0.2) is 26.4 Å². The van der Waals surface area contributed by atoms with Crippen LogP contribution in [0.15, 0.2) is 70.7 Å². The Morgan fingerprint density at radius 1 is 0.762 bits per heavy atom. The second kappa shape index (κ2) is 12.4. The topological polar surface area (TPSA) is 209 Å². The predicted octanol–water partition coefficient (Wildman–Crippen LogP) is 0.190. The first kappa shape index (κ1) is 30.8. The van der Waals surface area contributed by atoms with Gasteiger partial charge in [0.25, 0.3) is 0 Å². The summed E-state index contributed by atoms with van der Waals surface area (Å²) in [4.78, 5) is 25.0. The Morgan fingerprint density at radius 2 is 1.14 bits per heavy atom. The number of nitrogens with two attached hydrogens (primary N) is 2. The first-order valence-electron chi connectivity index (χ1n) is 12.6. The molecule has 4 aromatic rings. The van der Waals surface area contributed by atoms with E-state index in [-0.39, 0.29) is 36.0 Å². The molecule has 14 nitrogen and oxygen atoms in total. The Kier molecular flexibility index (Phi) is 9.10. The van der Waals surface area contributed by atoms with Crippen LogP contribution in [0, 0.1) is 0 Å². The van der Waals surface area contributed by atoms with Crippen molar-refractivity contribution >= 4 is 53.4 Å². The van der Waals surface area contributed by atoms with Gasteiger partial charge in [0.05, 0.1) is 46.3 Å². The summed E-state index contributed by atoms with van der Waals surface area (Å²) in [7, 11) is -6.88. The number of benzene rings is 2. The highest BCUT2D eigenvalue weighted by molar-refractivity contribution is 7.91. The molecule has 42 heavy (non-hydrogen) atoms. The largest absolute Gasteiger partial charge is 0.456 e. The van der Waals surface area contributed by atoms with Gasteiger partial charge >= 0.3 is 11.9 Å². The van der Waals surface area contributed by atoms with Crippen LogP contribution in [-0.2, 0) is 51.8 Å². The summed E-state index contributed by atoms with van der Waals surface area (Å²) in [5.41, 5.74) is 12.6. The second-order valence-corrected chi connectivity index (χ2v) is 13.6. The first-order valence-corrected chi connectivity index (χ1v) is 16.4. The van der Waals surface area contributed by atoms with E-state index in [1.54, 1.807) is 24.5 Å². The van der Waals surface area contributed by atoms with E-state index in [1.165, 1.54) is 33.6 Å². The molecule has 2 unspecified atom stereocenters. The fraction of sp³-hybridized carbons (Fsp3) is 0.308. The third kappa shape index (κ3) is 7.39. The summed E-state index contributed by atoms with van der Waals surface area (Å²) >= 11 is 0. The Hall–Kier alpha value is -4.12. The number of carbonyl (C=O) groups excluding carboxylic acids is 2. The van der Waals surface area contributed by atoms with Crippen molar-refractivity contribution < 1.29 is 35.9 Å². The smallest absolute Gasteiger partial charge is 0.331 e. The highest BCUT2D eigenvalue weighted by Crippen LogP contribution is 2.21. The molecule has 0 aliphatic heterocycles. The van der Waals surface area contributed by atoms with E-state index in [0.717, 1.165) is 24.7 Å². The summed E-state index contributed by atoms with van der Waals surface area (Å²) in [6.07, 6.45) is 5.43. The number of aromatic nitrogens is 4. The third-order valence-corrected chi connectivity index (χ3v) is 8.51. The van der Waals surface area contributed by atoms with Crippen molar-refractivity contribution in [3.05, 3.63) is 60.9 Å². The molecule has 0 saturated heterocycles. The normalized spacial score (nSPS) is 13.9. The van der Waals surface area contributed by atoms with Gasteiger partial charge < -0.3 is 20.9 Å². The summed E-state index contributed by atoms with van der Waals surface area (Å²) in [5.74, 6) is -1.71. The van der Waals surface area contributed by atoms with E-state index in [0.29, 0.717) is 21.8 Å². The van der Waals surface area contributed by atoms with Gasteiger partial charge in [-0.05, 0) is 36.4 Å². The van der Waals surface area contributed by atoms with Crippen LogP contribution in [0.5, 0.6) is 0 Å². The zero-order chi connectivity index (χ0) is 30.7. The van der Waals surface area contributed by atoms with Gasteiger partial charge in [0.1, 0.15) is 12.2 Å². The van der Waals surface area contributed by atoms with Gasteiger partial charge in [-0.15, -0.1) is 0 Å². The molecule has 2 heterocycles. The lowest BCUT2D eigenvalue weighted by Gasteiger charge is -2.16. The van der Waals surface area contributed by atoms with Gasteiger partial charge in [0.2, 0.25) is 0 Å². The van der Waals surface area contributed by atoms with Gasteiger partial charge in [0.15, 0.2) is 19.7 Å². The maximum Gasteiger partial charge on any atom is 0.331 e. The lowest BCUT2D eigenvalue weighted by Crippen LogP contribution is -2.31. The summed E-state index contributed by atoms with van der Waals surface area (Å²) < 4.78 is 61.4. The molecule has 2 aromatic carbocycles. The van der Waals surface area contributed by atoms with E-state index in [4.69, 9.17) is 20.9 Å². The molecular weight excluding hydrogens is 588 g/mol. The lowest BCUT2D eigenvalue weighted by molar-refractivity contribution is -0.146. The van der Waals surface area contributed by atoms with Crippen LogP contribution < -0.4 is 11.5 Å². The molecule has 16 heteroatoms. The number of fused-ring (bicyclic) bond motifs is 2. The van der Waals surface area contributed by atoms with Crippen molar-refractivity contribution in [2.75, 3.05) is 25.6 Å². The summed E-state index contributed by atoms with van der Waals surface area (Å²) in [5, 5.41) is 9.85. The molecule has 0 saturated carbocycles. The second-order valence-electron chi connectivity index (χ2n) is 9.56. The Balaban J connectivity index is 1.37. The fourth-order valence-electron chi connectivity index (χ4n) is 4.10. The Labute approximate surface area is 241 Å². The highest BCUT2D eigenvalue weighted by atomic mass is 32.2. The minimum Gasteiger partial charge on any atom is -0.456 e. The number of ether oxygens (including phenoxy) is 2. The predicted molar refractivity (Wildman–Crippen MR) is 153 cm³/mol. The van der Waals surface area contributed by atoms with E-state index in [1.807, 2.05) is 0 Å². The SMILES string of the molecule is CS(=O)(=O)c1ccc2cnn(CC(CN)OC(=O)/C=C/C(=O)OC(CN)Cn3ncc4ccc(S(C)(=O)=O)cc43)c2c1. The molecule has 0 bridgehead atoms. The summed E-state index contributed by atoms with van der Waals surface area (Å²) in [6, 6.07) is 9.18. The van der Waals surface area contributed by atoms with Crippen LogP contribution in [0.2, 0.25) is 0 Å². The van der Waals surface area contributed by atoms with Gasteiger partial charge in [-0.2, -0.15) is 10.2 Å². The maximum absolute atomic E-state index is 12.4. The van der Waals surface area contributed by atoms with Crippen LogP contribution in [0.25, 0.3) is 21.8 Å². The van der Waals surface area contributed by atoms with Crippen molar-refractivity contribution in [2.24, 2.45) is 11.5 Å². The van der Waals surface area contributed by atoms with Crippen LogP contribution in [0.3, 0.4) is 0 Å². The van der Waals surface area contributed by atoms with Gasteiger partial charge in [-0.1, -0.05) is 0 Å². The average Bonchev–Trinajstić information content (AvgIpc) is 3.53. The number of rotatable bonds is 12. The van der Waals surface area contributed by atoms with Crippen LogP contribution in [-0.4, -0.2) is 86.1 Å². The molecule has 0 aliphatic rings. The number of esters is 2. The zero-order valence-corrected chi connectivity index (χ0v) is 24.4. The van der Waals surface area contributed by atoms with Crippen LogP contribution in [0.4, 0.5) is 0 Å². The number of sulfone groups is 2. The molecule has 4 N–H and O–H groups in total. The van der Waals surface area contributed by atoms with E-state index < -0.39 is 43.8 Å². The fourth-order valence-corrected chi connectivity index (χ4v) is 5.38. The molecule has 0 amide bonds. The summed E-state index contributed by atoms with van der Waals surface area (Å²) in [6.45, 7) is -0.0345. The number of carbonyl (C=O) groups is 2. The number of hydrogen-bond acceptors (Lipinski definition) is 12. The Bertz CT molecular complexity index is 1740. The molecular formula is C26H30N6O8S2. The molecule has 0 radical (unpaired) electrons. The number of hydrogen-bond donors (Lipinski definition) is 2. The van der Waals surface area contributed by atoms with Crippen molar-refractivity contribution in [3.8, 4) is 0 Å². The highest BCUT2D eigenvalue weighted by Gasteiger charge is 2.18. The molecule has 2 atom stereocenters. The molecule has 0 spiro atoms. The van der Waals surface area contributed by atoms with Gasteiger partial charge in [-0.3, -0.25) is 9.36 Å². The van der Waals surface area contributed by atoms with Gasteiger partial charge in [0, 0.05) is 48.5 Å². The third-order valence-electron chi connectivity index (χ3n) is 6.29. The zero-order valence-electron chi connectivity index (χ0n) is 22.8.